The molecule has 0 saturated carbocycles. The number of carbonyl (C=O) groups excluding carboxylic acids is 1. The number of benzene rings is 3. The number of amides is 1. The van der Waals surface area contributed by atoms with Crippen molar-refractivity contribution in [1.82, 2.24) is 5.43 Å². The van der Waals surface area contributed by atoms with Gasteiger partial charge < -0.3 is 4.18 Å². The van der Waals surface area contributed by atoms with Gasteiger partial charge in [-0.15, -0.1) is 0 Å². The van der Waals surface area contributed by atoms with Crippen LogP contribution in [0.2, 0.25) is 0 Å². The lowest BCUT2D eigenvalue weighted by atomic mass is 10.2. The van der Waals surface area contributed by atoms with E-state index in [4.69, 9.17) is 4.18 Å². The van der Waals surface area contributed by atoms with Crippen molar-refractivity contribution in [2.45, 2.75) is 4.90 Å². The average molecular weight is 504 g/mol. The maximum atomic E-state index is 12.4. The Hall–Kier alpha value is -3.57. The fourth-order valence-electron chi connectivity index (χ4n) is 2.42. The van der Waals surface area contributed by atoms with Crippen LogP contribution >= 0.6 is 15.9 Å². The monoisotopic (exact) mass is 503 g/mol. The van der Waals surface area contributed by atoms with Crippen molar-refractivity contribution in [3.63, 3.8) is 0 Å². The van der Waals surface area contributed by atoms with E-state index in [9.17, 15) is 23.3 Å². The molecule has 0 fully saturated rings. The Morgan fingerprint density at radius 3 is 2.45 bits per heavy atom. The molecular weight excluding hydrogens is 490 g/mol. The summed E-state index contributed by atoms with van der Waals surface area (Å²) in [6.45, 7) is 0. The van der Waals surface area contributed by atoms with Crippen molar-refractivity contribution >= 4 is 43.9 Å². The number of nitrogens with one attached hydrogen (secondary N) is 1. The van der Waals surface area contributed by atoms with E-state index in [1.807, 2.05) is 0 Å². The van der Waals surface area contributed by atoms with E-state index in [1.54, 1.807) is 36.4 Å². The molecule has 3 aromatic rings. The Morgan fingerprint density at radius 2 is 1.77 bits per heavy atom. The number of carbonyl (C=O) groups is 1. The molecule has 11 heteroatoms. The molecule has 0 aliphatic rings. The first kappa shape index (κ1) is 22.1. The number of rotatable bonds is 7. The zero-order valence-corrected chi connectivity index (χ0v) is 18.0. The minimum atomic E-state index is -4.19. The molecule has 3 rings (SSSR count). The highest BCUT2D eigenvalue weighted by atomic mass is 79.9. The molecule has 31 heavy (non-hydrogen) atoms. The van der Waals surface area contributed by atoms with Crippen LogP contribution in [0.3, 0.4) is 0 Å². The van der Waals surface area contributed by atoms with Crippen LogP contribution in [0.4, 0.5) is 5.69 Å². The number of halogens is 1. The molecule has 0 aliphatic carbocycles. The van der Waals surface area contributed by atoms with Crippen molar-refractivity contribution in [2.75, 3.05) is 0 Å². The summed E-state index contributed by atoms with van der Waals surface area (Å²) in [5, 5.41) is 14.6. The molecule has 0 radical (unpaired) electrons. The molecule has 158 valence electrons. The van der Waals surface area contributed by atoms with Crippen LogP contribution in [-0.4, -0.2) is 25.5 Å². The minimum Gasteiger partial charge on any atom is -0.379 e. The quantitative estimate of drug-likeness (QED) is 0.225. The van der Waals surface area contributed by atoms with Gasteiger partial charge in [0.2, 0.25) is 0 Å². The van der Waals surface area contributed by atoms with E-state index in [-0.39, 0.29) is 16.3 Å². The molecule has 0 heterocycles. The lowest BCUT2D eigenvalue weighted by molar-refractivity contribution is -0.384. The molecule has 0 bridgehead atoms. The molecule has 0 unspecified atom stereocenters. The Morgan fingerprint density at radius 1 is 1.06 bits per heavy atom. The first-order valence-corrected chi connectivity index (χ1v) is 10.8. The summed E-state index contributed by atoms with van der Waals surface area (Å²) in [5.74, 6) is -0.397. The van der Waals surface area contributed by atoms with Gasteiger partial charge in [0.05, 0.1) is 11.1 Å². The zero-order chi connectivity index (χ0) is 22.4. The van der Waals surface area contributed by atoms with Gasteiger partial charge in [-0.1, -0.05) is 34.1 Å². The highest BCUT2D eigenvalue weighted by molar-refractivity contribution is 9.10. The second kappa shape index (κ2) is 9.49. The van der Waals surface area contributed by atoms with E-state index in [1.165, 1.54) is 18.3 Å². The molecule has 0 aromatic heterocycles. The third-order valence-corrected chi connectivity index (χ3v) is 5.62. The van der Waals surface area contributed by atoms with Gasteiger partial charge in [0.1, 0.15) is 10.6 Å². The highest BCUT2D eigenvalue weighted by Crippen LogP contribution is 2.21. The van der Waals surface area contributed by atoms with E-state index in [0.717, 1.165) is 28.7 Å². The van der Waals surface area contributed by atoms with Crippen LogP contribution < -0.4 is 9.61 Å². The summed E-state index contributed by atoms with van der Waals surface area (Å²) in [7, 11) is -4.19. The maximum absolute atomic E-state index is 12.4. The molecule has 1 N–H and O–H groups in total. The predicted molar refractivity (Wildman–Crippen MR) is 117 cm³/mol. The molecule has 0 saturated heterocycles. The van der Waals surface area contributed by atoms with Crippen LogP contribution in [0.5, 0.6) is 5.75 Å². The summed E-state index contributed by atoms with van der Waals surface area (Å²) in [6.07, 6.45) is 1.33. The topological polar surface area (TPSA) is 128 Å². The molecule has 1 amide bonds. The number of hydrazone groups is 1. The van der Waals surface area contributed by atoms with Crippen molar-refractivity contribution in [1.29, 1.82) is 0 Å². The first-order chi connectivity index (χ1) is 14.7. The standard InChI is InChI=1S/C20H14BrN3O6S/c21-16-5-2-4-15(12-16)20(25)23-22-13-14-3-1-6-18(11-14)30-31(28,29)19-9-7-17(8-10-19)24(26)27/h1-13H,(H,23,25)/b22-13+. The Bertz CT molecular complexity index is 1260. The van der Waals surface area contributed by atoms with Crippen LogP contribution in [-0.2, 0) is 10.1 Å². The predicted octanol–water partition coefficient (Wildman–Crippen LogP) is 3.89. The summed E-state index contributed by atoms with van der Waals surface area (Å²) in [4.78, 5) is 21.9. The fourth-order valence-corrected chi connectivity index (χ4v) is 3.74. The maximum Gasteiger partial charge on any atom is 0.339 e. The number of nitrogens with zero attached hydrogens (tertiary/aromatic N) is 2. The lowest BCUT2D eigenvalue weighted by Gasteiger charge is -2.07. The van der Waals surface area contributed by atoms with Crippen molar-refractivity contribution in [2.24, 2.45) is 5.10 Å². The van der Waals surface area contributed by atoms with E-state index in [2.05, 4.69) is 26.5 Å². The van der Waals surface area contributed by atoms with Gasteiger partial charge in [-0.25, -0.2) is 5.43 Å². The van der Waals surface area contributed by atoms with Gasteiger partial charge in [-0.3, -0.25) is 14.9 Å². The van der Waals surface area contributed by atoms with Gasteiger partial charge in [0.15, 0.2) is 0 Å². The van der Waals surface area contributed by atoms with Gasteiger partial charge in [-0.05, 0) is 48.0 Å². The SMILES string of the molecule is O=C(N/N=C/c1cccc(OS(=O)(=O)c2ccc([N+](=O)[O-])cc2)c1)c1cccc(Br)c1. The molecular formula is C20H14BrN3O6S. The van der Waals surface area contributed by atoms with Crippen LogP contribution in [0.15, 0.2) is 87.3 Å². The average Bonchev–Trinajstić information content (AvgIpc) is 2.73. The van der Waals surface area contributed by atoms with E-state index in [0.29, 0.717) is 11.1 Å². The second-order valence-electron chi connectivity index (χ2n) is 6.07. The van der Waals surface area contributed by atoms with Gasteiger partial charge >= 0.3 is 10.1 Å². The Kier molecular flexibility index (Phi) is 6.78. The Balaban J connectivity index is 1.68. The van der Waals surface area contributed by atoms with Crippen LogP contribution in [0, 0.1) is 10.1 Å². The third kappa shape index (κ3) is 5.96. The smallest absolute Gasteiger partial charge is 0.339 e. The molecule has 9 nitrogen and oxygen atoms in total. The van der Waals surface area contributed by atoms with Crippen LogP contribution in [0.25, 0.3) is 0 Å². The van der Waals surface area contributed by atoms with Gasteiger partial charge in [-0.2, -0.15) is 13.5 Å². The fraction of sp³-hybridized carbons (Fsp3) is 0. The van der Waals surface area contributed by atoms with Gasteiger partial charge in [0.25, 0.3) is 11.6 Å². The molecule has 0 aliphatic heterocycles. The zero-order valence-electron chi connectivity index (χ0n) is 15.6. The largest absolute Gasteiger partial charge is 0.379 e. The van der Waals surface area contributed by atoms with Gasteiger partial charge in [0, 0.05) is 22.2 Å². The highest BCUT2D eigenvalue weighted by Gasteiger charge is 2.18. The number of non-ortho nitro benzene ring substituents is 1. The molecule has 0 atom stereocenters. The first-order valence-electron chi connectivity index (χ1n) is 8.62. The number of hydrogen-bond acceptors (Lipinski definition) is 7. The summed E-state index contributed by atoms with van der Waals surface area (Å²) < 4.78 is 30.6. The normalized spacial score (nSPS) is 11.3. The second-order valence-corrected chi connectivity index (χ2v) is 8.53. The molecule has 0 spiro atoms. The number of nitro benzene ring substituents is 1. The third-order valence-electron chi connectivity index (χ3n) is 3.87. The molecule has 3 aromatic carbocycles. The van der Waals surface area contributed by atoms with Crippen molar-refractivity contribution < 1.29 is 22.3 Å². The van der Waals surface area contributed by atoms with E-state index >= 15 is 0 Å². The summed E-state index contributed by atoms with van der Waals surface area (Å²) in [5.41, 5.74) is 3.04. The lowest BCUT2D eigenvalue weighted by Crippen LogP contribution is -2.17. The van der Waals surface area contributed by atoms with Crippen molar-refractivity contribution in [3.05, 3.63) is 98.5 Å². The van der Waals surface area contributed by atoms with E-state index < -0.39 is 20.9 Å². The number of hydrogen-bond donors (Lipinski definition) is 1. The summed E-state index contributed by atoms with van der Waals surface area (Å²) >= 11 is 3.28. The van der Waals surface area contributed by atoms with Crippen LogP contribution in [0.1, 0.15) is 15.9 Å². The minimum absolute atomic E-state index is 0.0145. The summed E-state index contributed by atoms with van der Waals surface area (Å²) in [6, 6.07) is 17.2. The van der Waals surface area contributed by atoms with Crippen molar-refractivity contribution in [3.8, 4) is 5.75 Å². The Labute approximate surface area is 185 Å². The number of nitro groups is 1.